The molecule has 8 aliphatic carbocycles. The number of rotatable bonds is 1. The number of carbonyl (C=O) groups is 2. The van der Waals surface area contributed by atoms with Crippen molar-refractivity contribution < 1.29 is 19.1 Å². The number of allylic oxidation sites excluding steroid dienone is 2. The molecule has 2 bridgehead atoms. The highest BCUT2D eigenvalue weighted by Crippen LogP contribution is 2.89. The highest BCUT2D eigenvalue weighted by atomic mass is 127. The van der Waals surface area contributed by atoms with Crippen LogP contribution < -0.4 is 0 Å². The van der Waals surface area contributed by atoms with Gasteiger partial charge in [0.15, 0.2) is 0 Å². The van der Waals surface area contributed by atoms with Gasteiger partial charge in [-0.1, -0.05) is 44.9 Å². The second-order valence-electron chi connectivity index (χ2n) is 11.3. The van der Waals surface area contributed by atoms with Crippen LogP contribution in [0.1, 0.15) is 0 Å². The van der Waals surface area contributed by atoms with Crippen LogP contribution >= 0.6 is 22.6 Å². The Labute approximate surface area is 175 Å². The van der Waals surface area contributed by atoms with Gasteiger partial charge in [0.2, 0.25) is 0 Å². The summed E-state index contributed by atoms with van der Waals surface area (Å²) in [4.78, 5) is 26.5. The maximum atomic E-state index is 13.3. The maximum absolute atomic E-state index is 13.3. The smallest absolute Gasteiger partial charge is 0.310 e. The number of esters is 2. The molecule has 0 N–H and O–H groups in total. The van der Waals surface area contributed by atoms with Crippen LogP contribution in [0.2, 0.25) is 0 Å². The molecule has 12 unspecified atom stereocenters. The highest BCUT2D eigenvalue weighted by Gasteiger charge is 2.87. The van der Waals surface area contributed by atoms with Gasteiger partial charge in [-0.2, -0.15) is 0 Å². The lowest BCUT2D eigenvalue weighted by Crippen LogP contribution is -2.36. The quantitative estimate of drug-likeness (QED) is 0.247. The second-order valence-corrected chi connectivity index (χ2v) is 12.7. The summed E-state index contributed by atoms with van der Waals surface area (Å²) in [6.07, 6.45) is 0.125. The highest BCUT2D eigenvalue weighted by molar-refractivity contribution is 14.1. The molecule has 12 atom stereocenters. The minimum absolute atomic E-state index is 0.0312. The lowest BCUT2D eigenvalue weighted by Gasteiger charge is -2.34. The van der Waals surface area contributed by atoms with E-state index in [-0.39, 0.29) is 29.9 Å². The van der Waals surface area contributed by atoms with E-state index >= 15 is 0 Å². The van der Waals surface area contributed by atoms with E-state index in [2.05, 4.69) is 22.6 Å². The summed E-state index contributed by atoms with van der Waals surface area (Å²) in [6.45, 7) is 0. The molecule has 10 aliphatic rings. The first kappa shape index (κ1) is 14.2. The van der Waals surface area contributed by atoms with Crippen LogP contribution in [-0.2, 0) is 19.1 Å². The van der Waals surface area contributed by atoms with Crippen LogP contribution in [0, 0.1) is 82.9 Å². The number of ether oxygens (including phenoxy) is 2. The largest absolute Gasteiger partial charge is 0.469 e. The molecule has 0 aromatic rings. The zero-order chi connectivity index (χ0) is 18.1. The molecular weight excluding hydrogens is 467 g/mol. The fourth-order valence-electron chi connectivity index (χ4n) is 12.2. The van der Waals surface area contributed by atoms with Gasteiger partial charge in [0.1, 0.15) is 6.10 Å². The average molecular weight is 486 g/mol. The van der Waals surface area contributed by atoms with Crippen LogP contribution in [-0.4, -0.2) is 29.1 Å². The van der Waals surface area contributed by atoms with Crippen molar-refractivity contribution in [3.8, 4) is 0 Å². The fourth-order valence-corrected chi connectivity index (χ4v) is 13.9. The molecule has 6 fully saturated rings. The standard InChI is InChI=1S/C23H19IO4/c1-27-22(25)18-8-2-3-9(18)5-7-11(3)19-10(2)6-4(8)14-12-13(15(5)20(14)24)17(7)21(16(6)12)28-23(19)26/h2-3,8-21H,1H3. The Bertz CT molecular complexity index is 1010. The SMILES string of the molecule is COC(=O)C1C2C3=C4C5C6OC(=O)C7C4C2C2C1C1=C(C6C4C1C(I)C3C54)C72. The number of hydrogen-bond acceptors (Lipinski definition) is 4. The summed E-state index contributed by atoms with van der Waals surface area (Å²) >= 11 is 2.79. The maximum Gasteiger partial charge on any atom is 0.310 e. The van der Waals surface area contributed by atoms with Gasteiger partial charge < -0.3 is 9.47 Å². The number of methoxy groups -OCH3 is 1. The normalized spacial score (nSPS) is 70.0. The third kappa shape index (κ3) is 0.937. The number of fused-ring (bicyclic) bond motifs is 5. The Kier molecular flexibility index (Phi) is 1.86. The summed E-state index contributed by atoms with van der Waals surface area (Å²) in [5.41, 5.74) is 6.63. The van der Waals surface area contributed by atoms with E-state index in [0.29, 0.717) is 74.9 Å². The minimum Gasteiger partial charge on any atom is -0.469 e. The monoisotopic (exact) mass is 486 g/mol. The molecule has 4 nitrogen and oxygen atoms in total. The Morgan fingerprint density at radius 1 is 0.786 bits per heavy atom. The molecule has 0 radical (unpaired) electrons. The van der Waals surface area contributed by atoms with Gasteiger partial charge in [-0.3, -0.25) is 9.59 Å². The van der Waals surface area contributed by atoms with Gasteiger partial charge in [-0.15, -0.1) is 0 Å². The van der Waals surface area contributed by atoms with E-state index in [9.17, 15) is 9.59 Å². The van der Waals surface area contributed by atoms with Crippen LogP contribution in [0.5, 0.6) is 0 Å². The Hall–Kier alpha value is -0.850. The van der Waals surface area contributed by atoms with Crippen LogP contribution in [0.3, 0.4) is 0 Å². The number of halogens is 1. The summed E-state index contributed by atoms with van der Waals surface area (Å²) in [5.74, 6) is 6.36. The molecule has 4 saturated carbocycles. The van der Waals surface area contributed by atoms with Crippen LogP contribution in [0.25, 0.3) is 0 Å². The van der Waals surface area contributed by atoms with Crippen molar-refractivity contribution in [1.82, 2.24) is 0 Å². The molecule has 2 saturated heterocycles. The molecule has 2 heterocycles. The van der Waals surface area contributed by atoms with Crippen molar-refractivity contribution in [3.63, 3.8) is 0 Å². The van der Waals surface area contributed by atoms with Crippen molar-refractivity contribution in [2.45, 2.75) is 10.0 Å². The Balaban J connectivity index is 1.43. The predicted molar refractivity (Wildman–Crippen MR) is 103 cm³/mol. The van der Waals surface area contributed by atoms with Crippen molar-refractivity contribution >= 4 is 34.5 Å². The first-order valence-corrected chi connectivity index (χ1v) is 12.3. The van der Waals surface area contributed by atoms with E-state index in [0.717, 1.165) is 0 Å². The van der Waals surface area contributed by atoms with Crippen molar-refractivity contribution in [3.05, 3.63) is 22.3 Å². The topological polar surface area (TPSA) is 52.6 Å². The van der Waals surface area contributed by atoms with Gasteiger partial charge in [-0.25, -0.2) is 0 Å². The van der Waals surface area contributed by atoms with Gasteiger partial charge in [0, 0.05) is 15.8 Å². The van der Waals surface area contributed by atoms with Crippen molar-refractivity contribution in [2.24, 2.45) is 82.9 Å². The molecule has 0 spiro atoms. The zero-order valence-electron chi connectivity index (χ0n) is 15.2. The predicted octanol–water partition coefficient (Wildman–Crippen LogP) is 2.23. The summed E-state index contributed by atoms with van der Waals surface area (Å²) < 4.78 is 12.5. The number of carbonyl (C=O) groups excluding carboxylic acids is 2. The lowest BCUT2D eigenvalue weighted by atomic mass is 9.73. The number of hydrogen-bond donors (Lipinski definition) is 0. The molecule has 28 heavy (non-hydrogen) atoms. The first-order chi connectivity index (χ1) is 13.7. The molecular formula is C23H19IO4. The molecule has 0 aromatic heterocycles. The summed E-state index contributed by atoms with van der Waals surface area (Å²) in [5, 5.41) is 0. The first-order valence-electron chi connectivity index (χ1n) is 11.1. The molecule has 2 aliphatic heterocycles. The van der Waals surface area contributed by atoms with Gasteiger partial charge in [0.25, 0.3) is 0 Å². The van der Waals surface area contributed by atoms with Crippen LogP contribution in [0.15, 0.2) is 22.3 Å². The number of alkyl halides is 1. The molecule has 0 amide bonds. The summed E-state index contributed by atoms with van der Waals surface area (Å²) in [6, 6.07) is 0. The van der Waals surface area contributed by atoms with E-state index in [4.69, 9.17) is 9.47 Å². The van der Waals surface area contributed by atoms with Crippen LogP contribution in [0.4, 0.5) is 0 Å². The van der Waals surface area contributed by atoms with E-state index in [1.165, 1.54) is 0 Å². The molecule has 142 valence electrons. The minimum atomic E-state index is 0.0312. The Morgan fingerprint density at radius 2 is 1.29 bits per heavy atom. The van der Waals surface area contributed by atoms with E-state index in [1.54, 1.807) is 29.4 Å². The lowest BCUT2D eigenvalue weighted by molar-refractivity contribution is -0.155. The van der Waals surface area contributed by atoms with E-state index in [1.807, 2.05) is 0 Å². The Morgan fingerprint density at radius 3 is 1.82 bits per heavy atom. The van der Waals surface area contributed by atoms with E-state index < -0.39 is 0 Å². The van der Waals surface area contributed by atoms with Gasteiger partial charge >= 0.3 is 11.9 Å². The van der Waals surface area contributed by atoms with Gasteiger partial charge in [0.05, 0.1) is 18.9 Å². The van der Waals surface area contributed by atoms with Crippen molar-refractivity contribution in [1.29, 1.82) is 0 Å². The van der Waals surface area contributed by atoms with Crippen molar-refractivity contribution in [2.75, 3.05) is 7.11 Å². The average Bonchev–Trinajstić information content (AvgIpc) is 3.43. The summed E-state index contributed by atoms with van der Waals surface area (Å²) in [7, 11) is 1.58. The third-order valence-electron chi connectivity index (χ3n) is 11.7. The molecule has 0 aromatic carbocycles. The fraction of sp³-hybridized carbons (Fsp3) is 0.739. The molecule has 10 rings (SSSR count). The second kappa shape index (κ2) is 3.67. The van der Waals surface area contributed by atoms with Gasteiger partial charge in [-0.05, 0) is 59.2 Å². The third-order valence-corrected chi connectivity index (χ3v) is 13.2. The zero-order valence-corrected chi connectivity index (χ0v) is 17.4. The molecule has 5 heteroatoms.